The predicted octanol–water partition coefficient (Wildman–Crippen LogP) is 1.24. The van der Waals surface area contributed by atoms with Crippen LogP contribution in [-0.4, -0.2) is 42.6 Å². The summed E-state index contributed by atoms with van der Waals surface area (Å²) in [5.41, 5.74) is 0.328. The van der Waals surface area contributed by atoms with Crippen molar-refractivity contribution >= 4 is 34.5 Å². The number of nitrogens with zero attached hydrogens (tertiary/aromatic N) is 1. The first-order valence-corrected chi connectivity index (χ1v) is 5.84. The molecule has 5 nitrogen and oxygen atoms in total. The van der Waals surface area contributed by atoms with Crippen LogP contribution in [0, 0.1) is 3.57 Å². The molecule has 0 aromatic heterocycles. The van der Waals surface area contributed by atoms with E-state index in [4.69, 9.17) is 0 Å². The maximum absolute atomic E-state index is 11.9. The van der Waals surface area contributed by atoms with E-state index in [0.717, 1.165) is 0 Å². The maximum atomic E-state index is 11.9. The second kappa shape index (κ2) is 5.85. The van der Waals surface area contributed by atoms with Crippen molar-refractivity contribution in [1.82, 2.24) is 4.90 Å². The normalized spacial score (nSPS) is 9.82. The van der Waals surface area contributed by atoms with Crippen LogP contribution in [-0.2, 0) is 9.53 Å². The van der Waals surface area contributed by atoms with Crippen molar-refractivity contribution in [2.45, 2.75) is 0 Å². The van der Waals surface area contributed by atoms with Gasteiger partial charge in [-0.1, -0.05) is 0 Å². The number of hydrogen-bond donors (Lipinski definition) is 1. The van der Waals surface area contributed by atoms with Crippen molar-refractivity contribution in [2.75, 3.05) is 20.7 Å². The molecule has 0 unspecified atom stereocenters. The van der Waals surface area contributed by atoms with Crippen molar-refractivity contribution in [3.63, 3.8) is 0 Å². The van der Waals surface area contributed by atoms with Crippen molar-refractivity contribution < 1.29 is 19.4 Å². The first-order valence-electron chi connectivity index (χ1n) is 4.76. The van der Waals surface area contributed by atoms with Gasteiger partial charge in [0.05, 0.1) is 10.7 Å². The highest BCUT2D eigenvalue weighted by atomic mass is 127. The van der Waals surface area contributed by atoms with Crippen LogP contribution in [0.3, 0.4) is 0 Å². The van der Waals surface area contributed by atoms with E-state index in [9.17, 15) is 14.7 Å². The summed E-state index contributed by atoms with van der Waals surface area (Å²) in [6, 6.07) is 4.60. The third-order valence-corrected chi connectivity index (χ3v) is 3.05. The molecule has 0 fully saturated rings. The van der Waals surface area contributed by atoms with Gasteiger partial charge >= 0.3 is 5.97 Å². The summed E-state index contributed by atoms with van der Waals surface area (Å²) in [5, 5.41) is 9.49. The predicted molar refractivity (Wildman–Crippen MR) is 69.8 cm³/mol. The van der Waals surface area contributed by atoms with E-state index in [2.05, 4.69) is 4.74 Å². The third kappa shape index (κ3) is 3.58. The van der Waals surface area contributed by atoms with Gasteiger partial charge in [-0.3, -0.25) is 9.59 Å². The maximum Gasteiger partial charge on any atom is 0.325 e. The average Bonchev–Trinajstić information content (AvgIpc) is 2.31. The molecule has 0 aliphatic heterocycles. The fraction of sp³-hybridized carbons (Fsp3) is 0.273. The van der Waals surface area contributed by atoms with Crippen LogP contribution < -0.4 is 0 Å². The highest BCUT2D eigenvalue weighted by molar-refractivity contribution is 14.1. The van der Waals surface area contributed by atoms with E-state index in [0.29, 0.717) is 9.13 Å². The minimum atomic E-state index is -0.490. The zero-order valence-electron chi connectivity index (χ0n) is 9.44. The van der Waals surface area contributed by atoms with E-state index in [1.54, 1.807) is 12.1 Å². The van der Waals surface area contributed by atoms with Crippen molar-refractivity contribution in [3.05, 3.63) is 27.3 Å². The first-order chi connectivity index (χ1) is 7.95. The Kier molecular flexibility index (Phi) is 4.73. The zero-order valence-corrected chi connectivity index (χ0v) is 11.6. The summed E-state index contributed by atoms with van der Waals surface area (Å²) in [7, 11) is 2.76. The second-order valence-electron chi connectivity index (χ2n) is 3.40. The fourth-order valence-corrected chi connectivity index (χ4v) is 1.53. The molecule has 1 N–H and O–H groups in total. The smallest absolute Gasteiger partial charge is 0.325 e. The number of carbonyl (C=O) groups excluding carboxylic acids is 2. The molecule has 0 aliphatic rings. The zero-order chi connectivity index (χ0) is 13.0. The molecule has 0 saturated heterocycles. The van der Waals surface area contributed by atoms with Gasteiger partial charge in [-0.25, -0.2) is 0 Å². The minimum Gasteiger partial charge on any atom is -0.507 e. The Morgan fingerprint density at radius 1 is 1.47 bits per heavy atom. The SMILES string of the molecule is COC(=O)CN(C)C(=O)c1ccc(I)c(O)c1. The Morgan fingerprint density at radius 2 is 2.12 bits per heavy atom. The number of methoxy groups -OCH3 is 1. The summed E-state index contributed by atoms with van der Waals surface area (Å²) in [6.45, 7) is -0.123. The molecule has 1 aromatic rings. The molecular formula is C11H12INO4. The molecule has 1 rings (SSSR count). The van der Waals surface area contributed by atoms with Crippen LogP contribution in [0.1, 0.15) is 10.4 Å². The number of amides is 1. The first kappa shape index (κ1) is 13.8. The van der Waals surface area contributed by atoms with Gasteiger partial charge in [-0.05, 0) is 40.8 Å². The van der Waals surface area contributed by atoms with Gasteiger partial charge in [-0.2, -0.15) is 0 Å². The van der Waals surface area contributed by atoms with Gasteiger partial charge in [0, 0.05) is 12.6 Å². The van der Waals surface area contributed by atoms with Gasteiger partial charge < -0.3 is 14.7 Å². The quantitative estimate of drug-likeness (QED) is 0.659. The van der Waals surface area contributed by atoms with Crippen LogP contribution in [0.5, 0.6) is 5.75 Å². The summed E-state index contributed by atoms with van der Waals surface area (Å²) in [6.07, 6.45) is 0. The number of carbonyl (C=O) groups is 2. The summed E-state index contributed by atoms with van der Waals surface area (Å²) >= 11 is 1.96. The van der Waals surface area contributed by atoms with Crippen LogP contribution in [0.25, 0.3) is 0 Å². The Labute approximate surface area is 113 Å². The van der Waals surface area contributed by atoms with E-state index in [1.165, 1.54) is 25.1 Å². The Morgan fingerprint density at radius 3 is 2.65 bits per heavy atom. The number of phenolic OH excluding ortho intramolecular Hbond substituents is 1. The molecule has 92 valence electrons. The van der Waals surface area contributed by atoms with Gasteiger partial charge in [0.1, 0.15) is 12.3 Å². The molecule has 0 bridgehead atoms. The number of hydrogen-bond acceptors (Lipinski definition) is 4. The van der Waals surface area contributed by atoms with E-state index in [-0.39, 0.29) is 18.2 Å². The molecule has 0 aliphatic carbocycles. The topological polar surface area (TPSA) is 66.8 Å². The average molecular weight is 349 g/mol. The standard InChI is InChI=1S/C11H12INO4/c1-13(6-10(15)17-2)11(16)7-3-4-8(12)9(14)5-7/h3-5,14H,6H2,1-2H3. The molecule has 6 heteroatoms. The van der Waals surface area contributed by atoms with E-state index < -0.39 is 5.97 Å². The van der Waals surface area contributed by atoms with E-state index >= 15 is 0 Å². The number of aromatic hydroxyl groups is 1. The second-order valence-corrected chi connectivity index (χ2v) is 4.57. The molecule has 1 amide bonds. The van der Waals surface area contributed by atoms with Gasteiger partial charge in [0.25, 0.3) is 5.91 Å². The largest absolute Gasteiger partial charge is 0.507 e. The third-order valence-electron chi connectivity index (χ3n) is 2.13. The highest BCUT2D eigenvalue weighted by Gasteiger charge is 2.16. The summed E-state index contributed by atoms with van der Waals surface area (Å²) in [4.78, 5) is 24.1. The number of phenols is 1. The number of ether oxygens (including phenoxy) is 1. The van der Waals surface area contributed by atoms with Gasteiger partial charge in [-0.15, -0.1) is 0 Å². The molecule has 0 saturated carbocycles. The Bertz CT molecular complexity index is 447. The lowest BCUT2D eigenvalue weighted by Gasteiger charge is -2.15. The Balaban J connectivity index is 2.81. The lowest BCUT2D eigenvalue weighted by atomic mass is 10.2. The number of likely N-dealkylation sites (N-methyl/N-ethyl adjacent to an activating group) is 1. The fourth-order valence-electron chi connectivity index (χ4n) is 1.20. The molecular weight excluding hydrogens is 337 g/mol. The van der Waals surface area contributed by atoms with Crippen LogP contribution in [0.2, 0.25) is 0 Å². The van der Waals surface area contributed by atoms with Crippen molar-refractivity contribution in [3.8, 4) is 5.75 Å². The summed E-state index contributed by atoms with van der Waals surface area (Å²) in [5.74, 6) is -0.791. The van der Waals surface area contributed by atoms with Crippen LogP contribution in [0.15, 0.2) is 18.2 Å². The van der Waals surface area contributed by atoms with Crippen LogP contribution in [0.4, 0.5) is 0 Å². The summed E-state index contributed by atoms with van der Waals surface area (Å²) < 4.78 is 5.13. The number of rotatable bonds is 3. The van der Waals surface area contributed by atoms with Crippen molar-refractivity contribution in [1.29, 1.82) is 0 Å². The number of esters is 1. The lowest BCUT2D eigenvalue weighted by molar-refractivity contribution is -0.141. The molecule has 0 spiro atoms. The monoisotopic (exact) mass is 349 g/mol. The lowest BCUT2D eigenvalue weighted by Crippen LogP contribution is -2.32. The van der Waals surface area contributed by atoms with Crippen molar-refractivity contribution in [2.24, 2.45) is 0 Å². The Hall–Kier alpha value is -1.31. The van der Waals surface area contributed by atoms with Crippen LogP contribution >= 0.6 is 22.6 Å². The number of benzene rings is 1. The highest BCUT2D eigenvalue weighted by Crippen LogP contribution is 2.21. The molecule has 17 heavy (non-hydrogen) atoms. The molecule has 1 aromatic carbocycles. The molecule has 0 atom stereocenters. The van der Waals surface area contributed by atoms with Gasteiger partial charge in [0.2, 0.25) is 0 Å². The van der Waals surface area contributed by atoms with E-state index in [1.807, 2.05) is 22.6 Å². The molecule has 0 heterocycles. The number of halogens is 1. The molecule has 0 radical (unpaired) electrons. The van der Waals surface area contributed by atoms with Gasteiger partial charge in [0.15, 0.2) is 0 Å². The minimum absolute atomic E-state index is 0.0444.